The molecule has 1 aliphatic rings. The van der Waals surface area contributed by atoms with Crippen LogP contribution in [-0.4, -0.2) is 47.6 Å². The maximum Gasteiger partial charge on any atom is 0.233 e. The summed E-state index contributed by atoms with van der Waals surface area (Å²) in [5.74, 6) is 2.35. The number of ether oxygens (including phenoxy) is 3. The van der Waals surface area contributed by atoms with Gasteiger partial charge in [0.15, 0.2) is 16.7 Å². The number of carbonyl (C=O) groups is 1. The maximum atomic E-state index is 12.7. The Hall–Kier alpha value is -3.13. The molecule has 0 saturated carbocycles. The zero-order valence-corrected chi connectivity index (χ0v) is 20.0. The topological polar surface area (TPSA) is 74.6 Å². The van der Waals surface area contributed by atoms with Crippen LogP contribution in [0.4, 0.5) is 0 Å². The third kappa shape index (κ3) is 5.45. The summed E-state index contributed by atoms with van der Waals surface area (Å²) >= 11 is 1.47. The van der Waals surface area contributed by atoms with E-state index in [1.54, 1.807) is 7.11 Å². The number of benzene rings is 2. The number of thioether (sulfide) groups is 1. The van der Waals surface area contributed by atoms with Crippen molar-refractivity contribution in [2.45, 2.75) is 37.2 Å². The predicted molar refractivity (Wildman–Crippen MR) is 129 cm³/mol. The molecule has 7 nitrogen and oxygen atoms in total. The third-order valence-corrected chi connectivity index (χ3v) is 6.60. The number of methoxy groups -OCH3 is 1. The molecular weight excluding hydrogens is 438 g/mol. The second-order valence-corrected chi connectivity index (χ2v) is 8.99. The van der Waals surface area contributed by atoms with Crippen molar-refractivity contribution in [3.8, 4) is 28.5 Å². The predicted octanol–water partition coefficient (Wildman–Crippen LogP) is 4.19. The summed E-state index contributed by atoms with van der Waals surface area (Å²) in [6.07, 6.45) is 2.62. The minimum Gasteiger partial charge on any atom is -0.497 e. The fourth-order valence-electron chi connectivity index (χ4n) is 3.67. The number of fused-ring (bicyclic) bond motifs is 1. The summed E-state index contributed by atoms with van der Waals surface area (Å²) in [5, 5.41) is 3.59. The molecule has 33 heavy (non-hydrogen) atoms. The second-order valence-electron chi connectivity index (χ2n) is 7.68. The highest BCUT2D eigenvalue weighted by atomic mass is 32.2. The molecule has 1 aliphatic heterocycles. The molecular formula is C25H29N3O4S. The lowest BCUT2D eigenvalue weighted by molar-refractivity contribution is -0.120. The van der Waals surface area contributed by atoms with Crippen LogP contribution in [0.2, 0.25) is 0 Å². The van der Waals surface area contributed by atoms with Crippen LogP contribution in [0.1, 0.15) is 19.4 Å². The first-order valence-corrected chi connectivity index (χ1v) is 12.0. The molecule has 4 rings (SSSR count). The average molecular weight is 468 g/mol. The Morgan fingerprint density at radius 1 is 1.18 bits per heavy atom. The van der Waals surface area contributed by atoms with Gasteiger partial charge in [0.25, 0.3) is 0 Å². The number of hydrogen-bond donors (Lipinski definition) is 1. The molecule has 0 bridgehead atoms. The quantitative estimate of drug-likeness (QED) is 0.476. The largest absolute Gasteiger partial charge is 0.497 e. The van der Waals surface area contributed by atoms with Gasteiger partial charge in [-0.25, -0.2) is 4.98 Å². The van der Waals surface area contributed by atoms with Gasteiger partial charge in [0.2, 0.25) is 5.91 Å². The molecule has 174 valence electrons. The van der Waals surface area contributed by atoms with Gasteiger partial charge >= 0.3 is 0 Å². The lowest BCUT2D eigenvalue weighted by Crippen LogP contribution is -2.32. The lowest BCUT2D eigenvalue weighted by Gasteiger charge is -2.19. The lowest BCUT2D eigenvalue weighted by atomic mass is 10.1. The van der Waals surface area contributed by atoms with Gasteiger partial charge in [-0.05, 0) is 56.2 Å². The normalized spacial score (nSPS) is 13.4. The molecule has 0 radical (unpaired) electrons. The maximum absolute atomic E-state index is 12.7. The molecule has 2 aromatic carbocycles. The van der Waals surface area contributed by atoms with Crippen LogP contribution in [0.5, 0.6) is 17.2 Å². The minimum absolute atomic E-state index is 0.0000410. The van der Waals surface area contributed by atoms with Crippen molar-refractivity contribution < 1.29 is 19.0 Å². The molecule has 8 heteroatoms. The van der Waals surface area contributed by atoms with E-state index in [1.165, 1.54) is 11.8 Å². The van der Waals surface area contributed by atoms with Crippen molar-refractivity contribution in [2.24, 2.45) is 0 Å². The Morgan fingerprint density at radius 3 is 2.67 bits per heavy atom. The molecule has 1 unspecified atom stereocenters. The van der Waals surface area contributed by atoms with Crippen molar-refractivity contribution in [3.05, 3.63) is 54.2 Å². The summed E-state index contributed by atoms with van der Waals surface area (Å²) in [6.45, 7) is 6.44. The van der Waals surface area contributed by atoms with Gasteiger partial charge in [-0.2, -0.15) is 0 Å². The Kier molecular flexibility index (Phi) is 7.44. The van der Waals surface area contributed by atoms with E-state index in [0.29, 0.717) is 19.8 Å². The fourth-order valence-corrected chi connectivity index (χ4v) is 4.64. The van der Waals surface area contributed by atoms with Gasteiger partial charge in [0.05, 0.1) is 24.3 Å². The van der Waals surface area contributed by atoms with Crippen LogP contribution in [0.15, 0.2) is 53.8 Å². The Morgan fingerprint density at radius 2 is 1.94 bits per heavy atom. The first-order chi connectivity index (χ1) is 16.1. The summed E-state index contributed by atoms with van der Waals surface area (Å²) in [7, 11) is 1.65. The summed E-state index contributed by atoms with van der Waals surface area (Å²) in [5.41, 5.74) is 3.16. The number of hydrogen-bond acceptors (Lipinski definition) is 6. The van der Waals surface area contributed by atoms with Crippen molar-refractivity contribution >= 4 is 17.7 Å². The number of carbonyl (C=O) groups excluding carboxylic acids is 1. The Bertz CT molecular complexity index is 1100. The molecule has 0 spiro atoms. The first-order valence-electron chi connectivity index (χ1n) is 11.1. The molecule has 1 amide bonds. The summed E-state index contributed by atoms with van der Waals surface area (Å²) in [4.78, 5) is 17.3. The van der Waals surface area contributed by atoms with E-state index in [1.807, 2.05) is 55.6 Å². The fraction of sp³-hybridized carbons (Fsp3) is 0.360. The zero-order valence-electron chi connectivity index (χ0n) is 19.2. The molecule has 0 saturated heterocycles. The minimum atomic E-state index is -0.262. The highest BCUT2D eigenvalue weighted by molar-refractivity contribution is 8.00. The number of imidazole rings is 1. The van der Waals surface area contributed by atoms with Gasteiger partial charge in [-0.15, -0.1) is 0 Å². The molecule has 3 aromatic rings. The Balaban J connectivity index is 1.37. The third-order valence-electron chi connectivity index (χ3n) is 5.50. The highest BCUT2D eigenvalue weighted by Crippen LogP contribution is 2.36. The van der Waals surface area contributed by atoms with E-state index < -0.39 is 0 Å². The van der Waals surface area contributed by atoms with E-state index in [4.69, 9.17) is 14.2 Å². The van der Waals surface area contributed by atoms with E-state index in [9.17, 15) is 4.79 Å². The molecule has 1 N–H and O–H groups in total. The number of aromatic nitrogens is 2. The van der Waals surface area contributed by atoms with Crippen LogP contribution in [0, 0.1) is 0 Å². The summed E-state index contributed by atoms with van der Waals surface area (Å²) in [6, 6.07) is 13.8. The number of amides is 1. The zero-order chi connectivity index (χ0) is 23.2. The second kappa shape index (κ2) is 10.7. The number of nitrogens with one attached hydrogen (secondary N) is 1. The van der Waals surface area contributed by atoms with Gasteiger partial charge in [-0.1, -0.05) is 23.9 Å². The standard InChI is InChI=1S/C25H29N3O4S/c1-4-28-21(19-7-10-22-23(15-19)32-14-13-31-22)16-27-25(28)33-17(2)24(29)26-12-11-18-5-8-20(30-3)9-6-18/h5-10,15-17H,4,11-14H2,1-3H3,(H,26,29). The van der Waals surface area contributed by atoms with E-state index in [-0.39, 0.29) is 11.2 Å². The molecule has 1 aromatic heterocycles. The van der Waals surface area contributed by atoms with Gasteiger partial charge in [-0.3, -0.25) is 4.79 Å². The highest BCUT2D eigenvalue weighted by Gasteiger charge is 2.20. The average Bonchev–Trinajstić information content (AvgIpc) is 3.26. The molecule has 0 aliphatic carbocycles. The summed E-state index contributed by atoms with van der Waals surface area (Å²) < 4.78 is 18.7. The van der Waals surface area contributed by atoms with Crippen molar-refractivity contribution in [2.75, 3.05) is 26.9 Å². The van der Waals surface area contributed by atoms with Crippen LogP contribution in [0.25, 0.3) is 11.3 Å². The monoisotopic (exact) mass is 467 g/mol. The van der Waals surface area contributed by atoms with Gasteiger partial charge in [0.1, 0.15) is 19.0 Å². The SMILES string of the molecule is CCn1c(-c2ccc3c(c2)OCCO3)cnc1SC(C)C(=O)NCCc1ccc(OC)cc1. The molecule has 2 heterocycles. The van der Waals surface area contributed by atoms with E-state index in [2.05, 4.69) is 21.8 Å². The smallest absolute Gasteiger partial charge is 0.233 e. The van der Waals surface area contributed by atoms with Gasteiger partial charge in [0, 0.05) is 18.7 Å². The van der Waals surface area contributed by atoms with Gasteiger partial charge < -0.3 is 24.1 Å². The van der Waals surface area contributed by atoms with Crippen LogP contribution in [0.3, 0.4) is 0 Å². The number of rotatable bonds is 9. The molecule has 1 atom stereocenters. The van der Waals surface area contributed by atoms with E-state index >= 15 is 0 Å². The Labute approximate surface area is 198 Å². The van der Waals surface area contributed by atoms with Crippen molar-refractivity contribution in [1.29, 1.82) is 0 Å². The van der Waals surface area contributed by atoms with E-state index in [0.717, 1.165) is 52.2 Å². The van der Waals surface area contributed by atoms with Crippen molar-refractivity contribution in [1.82, 2.24) is 14.9 Å². The number of nitrogens with zero attached hydrogens (tertiary/aromatic N) is 2. The first kappa shape index (κ1) is 23.0. The van der Waals surface area contributed by atoms with Crippen LogP contribution in [-0.2, 0) is 17.8 Å². The van der Waals surface area contributed by atoms with Crippen LogP contribution >= 0.6 is 11.8 Å². The molecule has 0 fully saturated rings. The van der Waals surface area contributed by atoms with Crippen LogP contribution < -0.4 is 19.5 Å². The van der Waals surface area contributed by atoms with Crippen molar-refractivity contribution in [3.63, 3.8) is 0 Å².